The summed E-state index contributed by atoms with van der Waals surface area (Å²) in [4.78, 5) is 0. The molecule has 3 atom stereocenters. The van der Waals surface area contributed by atoms with Gasteiger partial charge in [0.05, 0.1) is 6.04 Å². The van der Waals surface area contributed by atoms with Crippen LogP contribution < -0.4 is 15.4 Å². The highest BCUT2D eigenvalue weighted by Crippen LogP contribution is 2.44. The fourth-order valence-corrected chi connectivity index (χ4v) is 3.02. The first kappa shape index (κ1) is 11.1. The van der Waals surface area contributed by atoms with Crippen LogP contribution in [-0.2, 0) is 0 Å². The number of hydrogen-bond acceptors (Lipinski definition) is 2. The van der Waals surface area contributed by atoms with Crippen molar-refractivity contribution in [2.24, 2.45) is 5.92 Å². The lowest BCUT2D eigenvalue weighted by Crippen LogP contribution is -2.67. The molecule has 2 aliphatic heterocycles. The Morgan fingerprint density at radius 1 is 1.47 bits per heavy atom. The van der Waals surface area contributed by atoms with Gasteiger partial charge in [-0.25, -0.2) is 0 Å². The first-order chi connectivity index (χ1) is 7.99. The van der Waals surface area contributed by atoms with Crippen LogP contribution >= 0.6 is 23.8 Å². The van der Waals surface area contributed by atoms with Gasteiger partial charge in [-0.2, -0.15) is 0 Å². The lowest BCUT2D eigenvalue weighted by atomic mass is 9.82. The van der Waals surface area contributed by atoms with Crippen LogP contribution in [0.1, 0.15) is 25.5 Å². The summed E-state index contributed by atoms with van der Waals surface area (Å²) in [7, 11) is 0. The molecule has 0 amide bonds. The minimum Gasteiger partial charge on any atom is -0.468 e. The number of benzene rings is 1. The summed E-state index contributed by atoms with van der Waals surface area (Å²) in [5.41, 5.74) is 0.625. The van der Waals surface area contributed by atoms with Gasteiger partial charge in [-0.05, 0) is 37.3 Å². The summed E-state index contributed by atoms with van der Waals surface area (Å²) in [6, 6.07) is 5.84. The van der Waals surface area contributed by atoms with Crippen molar-refractivity contribution in [2.75, 3.05) is 0 Å². The molecule has 1 aromatic carbocycles. The highest BCUT2D eigenvalue weighted by Gasteiger charge is 2.48. The van der Waals surface area contributed by atoms with Crippen molar-refractivity contribution in [3.05, 3.63) is 28.8 Å². The number of hydrogen-bond donors (Lipinski definition) is 2. The summed E-state index contributed by atoms with van der Waals surface area (Å²) in [5, 5.41) is 7.83. The van der Waals surface area contributed by atoms with Crippen molar-refractivity contribution < 1.29 is 4.74 Å². The third kappa shape index (κ3) is 1.58. The molecule has 0 aliphatic carbocycles. The van der Waals surface area contributed by atoms with E-state index in [0.717, 1.165) is 16.3 Å². The van der Waals surface area contributed by atoms with Crippen LogP contribution in [0.2, 0.25) is 5.02 Å². The molecule has 2 heterocycles. The van der Waals surface area contributed by atoms with E-state index in [2.05, 4.69) is 17.6 Å². The Bertz CT molecular complexity index is 507. The van der Waals surface area contributed by atoms with E-state index in [1.165, 1.54) is 0 Å². The second-order valence-electron chi connectivity index (χ2n) is 4.76. The number of fused-ring (bicyclic) bond motifs is 4. The van der Waals surface area contributed by atoms with Gasteiger partial charge in [0.2, 0.25) is 0 Å². The van der Waals surface area contributed by atoms with Crippen LogP contribution in [0.5, 0.6) is 5.75 Å². The second-order valence-corrected chi connectivity index (χ2v) is 5.60. The molecular weight excluding hydrogens is 256 g/mol. The largest absolute Gasteiger partial charge is 0.468 e. The Labute approximate surface area is 110 Å². The third-order valence-corrected chi connectivity index (χ3v) is 4.10. The first-order valence-corrected chi connectivity index (χ1v) is 6.35. The zero-order valence-electron chi connectivity index (χ0n) is 9.58. The number of ether oxygens (including phenoxy) is 1. The van der Waals surface area contributed by atoms with E-state index in [0.29, 0.717) is 5.11 Å². The van der Waals surface area contributed by atoms with Gasteiger partial charge >= 0.3 is 0 Å². The molecule has 3 unspecified atom stereocenters. The quantitative estimate of drug-likeness (QED) is 0.709. The number of rotatable bonds is 0. The molecule has 2 aliphatic rings. The number of halogens is 1. The highest BCUT2D eigenvalue weighted by molar-refractivity contribution is 7.80. The predicted molar refractivity (Wildman–Crippen MR) is 71.3 cm³/mol. The molecule has 0 spiro atoms. The summed E-state index contributed by atoms with van der Waals surface area (Å²) in [5.74, 6) is 1.13. The fraction of sp³-hybridized carbons (Fsp3) is 0.417. The molecule has 3 nitrogen and oxygen atoms in total. The molecule has 5 heteroatoms. The van der Waals surface area contributed by atoms with E-state index < -0.39 is 5.72 Å². The Hall–Kier alpha value is -1.00. The van der Waals surface area contributed by atoms with Crippen LogP contribution in [-0.4, -0.2) is 10.8 Å². The lowest BCUT2D eigenvalue weighted by Gasteiger charge is -2.50. The van der Waals surface area contributed by atoms with Gasteiger partial charge in [0, 0.05) is 16.5 Å². The SMILES string of the molecule is CC1C2NC(=S)NC1(C)Oc1ccc(Cl)cc12. The zero-order chi connectivity index (χ0) is 12.2. The van der Waals surface area contributed by atoms with Crippen molar-refractivity contribution in [2.45, 2.75) is 25.6 Å². The standard InChI is InChI=1S/C12H13ClN2OS/c1-6-10-8-5-7(13)3-4-9(8)16-12(6,2)15-11(17)14-10/h3-6,10H,1-2H3,(H2,14,15,17). The average Bonchev–Trinajstić information content (AvgIpc) is 2.24. The molecule has 1 fully saturated rings. The molecule has 17 heavy (non-hydrogen) atoms. The van der Waals surface area contributed by atoms with E-state index in [9.17, 15) is 0 Å². The molecule has 3 rings (SSSR count). The Morgan fingerprint density at radius 2 is 2.24 bits per heavy atom. The molecule has 0 aromatic heterocycles. The molecule has 1 aromatic rings. The van der Waals surface area contributed by atoms with Crippen LogP contribution in [0.3, 0.4) is 0 Å². The molecule has 2 bridgehead atoms. The third-order valence-electron chi connectivity index (χ3n) is 3.65. The second kappa shape index (κ2) is 3.50. The van der Waals surface area contributed by atoms with Crippen molar-refractivity contribution in [3.63, 3.8) is 0 Å². The molecule has 0 radical (unpaired) electrons. The lowest BCUT2D eigenvalue weighted by molar-refractivity contribution is -0.0262. The van der Waals surface area contributed by atoms with Gasteiger partial charge in [-0.15, -0.1) is 0 Å². The predicted octanol–water partition coefficient (Wildman–Crippen LogP) is 2.60. The fourth-order valence-electron chi connectivity index (χ4n) is 2.51. The van der Waals surface area contributed by atoms with Crippen molar-refractivity contribution in [1.29, 1.82) is 0 Å². The topological polar surface area (TPSA) is 33.3 Å². The number of nitrogens with one attached hydrogen (secondary N) is 2. The van der Waals surface area contributed by atoms with Crippen molar-refractivity contribution in [1.82, 2.24) is 10.6 Å². The average molecular weight is 269 g/mol. The van der Waals surface area contributed by atoms with Crippen LogP contribution in [0.25, 0.3) is 0 Å². The molecular formula is C12H13ClN2OS. The molecule has 2 N–H and O–H groups in total. The maximum Gasteiger partial charge on any atom is 0.184 e. The smallest absolute Gasteiger partial charge is 0.184 e. The monoisotopic (exact) mass is 268 g/mol. The molecule has 90 valence electrons. The number of thiocarbonyl (C=S) groups is 1. The zero-order valence-corrected chi connectivity index (χ0v) is 11.2. The van der Waals surface area contributed by atoms with Gasteiger partial charge in [0.1, 0.15) is 5.75 Å². The van der Waals surface area contributed by atoms with Crippen molar-refractivity contribution in [3.8, 4) is 5.75 Å². The van der Waals surface area contributed by atoms with Gasteiger partial charge in [0.25, 0.3) is 0 Å². The van der Waals surface area contributed by atoms with Gasteiger partial charge < -0.3 is 15.4 Å². The summed E-state index contributed by atoms with van der Waals surface area (Å²) >= 11 is 11.3. The van der Waals surface area contributed by atoms with E-state index >= 15 is 0 Å². The molecule has 1 saturated heterocycles. The normalized spacial score (nSPS) is 34.2. The van der Waals surface area contributed by atoms with E-state index in [-0.39, 0.29) is 12.0 Å². The Kier molecular flexibility index (Phi) is 2.28. The highest BCUT2D eigenvalue weighted by atomic mass is 35.5. The van der Waals surface area contributed by atoms with Crippen LogP contribution in [0, 0.1) is 5.92 Å². The van der Waals surface area contributed by atoms with Crippen molar-refractivity contribution >= 4 is 28.9 Å². The van der Waals surface area contributed by atoms with Gasteiger partial charge in [-0.3, -0.25) is 0 Å². The Morgan fingerprint density at radius 3 is 3.00 bits per heavy atom. The summed E-state index contributed by atoms with van der Waals surface area (Å²) < 4.78 is 6.03. The minimum atomic E-state index is -0.451. The maximum absolute atomic E-state index is 6.04. The van der Waals surface area contributed by atoms with E-state index in [1.807, 2.05) is 25.1 Å². The van der Waals surface area contributed by atoms with Crippen LogP contribution in [0.4, 0.5) is 0 Å². The van der Waals surface area contributed by atoms with E-state index in [1.54, 1.807) is 0 Å². The Balaban J connectivity index is 2.15. The first-order valence-electron chi connectivity index (χ1n) is 5.57. The van der Waals surface area contributed by atoms with Gasteiger partial charge in [-0.1, -0.05) is 18.5 Å². The van der Waals surface area contributed by atoms with Crippen LogP contribution in [0.15, 0.2) is 18.2 Å². The molecule has 0 saturated carbocycles. The summed E-state index contributed by atoms with van der Waals surface area (Å²) in [6.07, 6.45) is 0. The minimum absolute atomic E-state index is 0.149. The van der Waals surface area contributed by atoms with E-state index in [4.69, 9.17) is 28.6 Å². The summed E-state index contributed by atoms with van der Waals surface area (Å²) in [6.45, 7) is 4.16. The maximum atomic E-state index is 6.04. The van der Waals surface area contributed by atoms with Gasteiger partial charge in [0.15, 0.2) is 10.8 Å².